The van der Waals surface area contributed by atoms with Gasteiger partial charge in [-0.3, -0.25) is 19.4 Å². The number of hydrogen-bond donors (Lipinski definition) is 0. The number of anilines is 1. The number of ether oxygens (including phenoxy) is 1. The third kappa shape index (κ3) is 7.26. The Morgan fingerprint density at radius 3 is 2.28 bits per heavy atom. The molecular weight excluding hydrogens is 531 g/mol. The van der Waals surface area contributed by atoms with Gasteiger partial charge in [-0.05, 0) is 63.7 Å². The summed E-state index contributed by atoms with van der Waals surface area (Å²) in [7, 11) is 1.52. The highest BCUT2D eigenvalue weighted by atomic mass is 32.1. The van der Waals surface area contributed by atoms with Gasteiger partial charge in [-0.15, -0.1) is 0 Å². The Labute approximate surface area is 233 Å². The Kier molecular flexibility index (Phi) is 10.3. The Balaban J connectivity index is 1.45. The molecule has 2 amide bonds. The van der Waals surface area contributed by atoms with Crippen molar-refractivity contribution in [3.8, 4) is 6.07 Å². The monoisotopic (exact) mass is 567 g/mol. The molecule has 0 aromatic heterocycles. The number of hydrogen-bond acceptors (Lipinski definition) is 6. The number of piperazine rings is 1. The molecular formula is C27H36F3N5O3S. The first-order chi connectivity index (χ1) is 18.4. The van der Waals surface area contributed by atoms with E-state index in [0.29, 0.717) is 6.54 Å². The largest absolute Gasteiger partial charge is 0.417 e. The Hall–Kier alpha value is -2.75. The summed E-state index contributed by atoms with van der Waals surface area (Å²) in [5, 5.41) is 9.24. The second kappa shape index (κ2) is 13.1. The van der Waals surface area contributed by atoms with Crippen molar-refractivity contribution in [1.82, 2.24) is 14.7 Å². The number of nitriles is 1. The average molecular weight is 568 g/mol. The molecule has 2 aliphatic heterocycles. The van der Waals surface area contributed by atoms with Crippen LogP contribution in [0.15, 0.2) is 18.2 Å². The number of methoxy groups -OCH3 is 1. The molecule has 8 nitrogen and oxygen atoms in total. The summed E-state index contributed by atoms with van der Waals surface area (Å²) in [5.74, 6) is -0.361. The molecule has 0 N–H and O–H groups in total. The molecule has 3 rings (SSSR count). The van der Waals surface area contributed by atoms with Crippen molar-refractivity contribution in [1.29, 1.82) is 5.26 Å². The van der Waals surface area contributed by atoms with Crippen LogP contribution in [0.5, 0.6) is 0 Å². The summed E-state index contributed by atoms with van der Waals surface area (Å²) in [5.41, 5.74) is -2.57. The van der Waals surface area contributed by atoms with Crippen molar-refractivity contribution in [3.63, 3.8) is 0 Å². The molecule has 0 bridgehead atoms. The summed E-state index contributed by atoms with van der Waals surface area (Å²) in [6.07, 6.45) is 0.164. The Bertz CT molecular complexity index is 1100. The van der Waals surface area contributed by atoms with Crippen molar-refractivity contribution in [2.75, 3.05) is 57.9 Å². The molecule has 0 spiro atoms. The van der Waals surface area contributed by atoms with Gasteiger partial charge in [0, 0.05) is 39.8 Å². The van der Waals surface area contributed by atoms with Gasteiger partial charge in [0.25, 0.3) is 5.91 Å². The fourth-order valence-electron chi connectivity index (χ4n) is 5.01. The Morgan fingerprint density at radius 1 is 1.08 bits per heavy atom. The van der Waals surface area contributed by atoms with Crippen molar-refractivity contribution in [2.24, 2.45) is 0 Å². The van der Waals surface area contributed by atoms with E-state index >= 15 is 0 Å². The number of thiocarbonyl (C=S) groups is 1. The molecule has 0 radical (unpaired) electrons. The topological polar surface area (TPSA) is 80.1 Å². The van der Waals surface area contributed by atoms with Crippen LogP contribution in [0.1, 0.15) is 57.1 Å². The van der Waals surface area contributed by atoms with Gasteiger partial charge in [0.1, 0.15) is 12.1 Å². The number of nitrogens with zero attached hydrogens (tertiary/aromatic N) is 5. The average Bonchev–Trinajstić information content (AvgIpc) is 3.06. The smallest absolute Gasteiger partial charge is 0.375 e. The molecule has 1 aromatic carbocycles. The summed E-state index contributed by atoms with van der Waals surface area (Å²) in [6.45, 7) is 8.26. The molecule has 0 atom stereocenters. The van der Waals surface area contributed by atoms with Crippen molar-refractivity contribution >= 4 is 34.8 Å². The molecule has 2 fully saturated rings. The lowest BCUT2D eigenvalue weighted by molar-refractivity contribution is -0.138. The van der Waals surface area contributed by atoms with Gasteiger partial charge in [-0.25, -0.2) is 0 Å². The number of amides is 2. The molecule has 214 valence electrons. The van der Waals surface area contributed by atoms with E-state index in [1.54, 1.807) is 24.8 Å². The third-order valence-electron chi connectivity index (χ3n) is 7.36. The van der Waals surface area contributed by atoms with Gasteiger partial charge in [-0.2, -0.15) is 18.4 Å². The van der Waals surface area contributed by atoms with Crippen molar-refractivity contribution < 1.29 is 27.5 Å². The number of carbonyl (C=O) groups is 2. The minimum Gasteiger partial charge on any atom is -0.375 e. The molecule has 39 heavy (non-hydrogen) atoms. The minimum atomic E-state index is -4.72. The lowest BCUT2D eigenvalue weighted by atomic mass is 10.0. The zero-order chi connectivity index (χ0) is 28.8. The van der Waals surface area contributed by atoms with Crippen LogP contribution in [0.25, 0.3) is 0 Å². The molecule has 2 aliphatic rings. The van der Waals surface area contributed by atoms with E-state index in [4.69, 9.17) is 22.2 Å². The first kappa shape index (κ1) is 30.8. The molecule has 12 heteroatoms. The number of carbonyl (C=O) groups excluding carboxylic acids is 2. The SMILES string of the molecule is COCC(=O)N1CCN(CCCCCCCN2C(=S)N(c3ccc(C#N)c(C(F)(F)F)c3)C(=O)C2(C)C)CC1. The van der Waals surface area contributed by atoms with Crippen LogP contribution in [0, 0.1) is 11.3 Å². The van der Waals surface area contributed by atoms with Gasteiger partial charge in [-0.1, -0.05) is 19.3 Å². The summed E-state index contributed by atoms with van der Waals surface area (Å²) >= 11 is 5.55. The van der Waals surface area contributed by atoms with E-state index in [1.165, 1.54) is 13.2 Å². The van der Waals surface area contributed by atoms with Crippen LogP contribution in [0.4, 0.5) is 18.9 Å². The second-order valence-corrected chi connectivity index (χ2v) is 10.8. The van der Waals surface area contributed by atoms with Crippen LogP contribution < -0.4 is 4.90 Å². The van der Waals surface area contributed by atoms with Crippen LogP contribution in [0.3, 0.4) is 0 Å². The predicted molar refractivity (Wildman–Crippen MR) is 145 cm³/mol. The number of alkyl halides is 3. The molecule has 0 saturated carbocycles. The van der Waals surface area contributed by atoms with Crippen LogP contribution in [-0.4, -0.2) is 90.2 Å². The Morgan fingerprint density at radius 2 is 1.69 bits per heavy atom. The normalized spacial score (nSPS) is 18.1. The van der Waals surface area contributed by atoms with Gasteiger partial charge >= 0.3 is 6.18 Å². The highest BCUT2D eigenvalue weighted by Gasteiger charge is 2.49. The van der Waals surface area contributed by atoms with E-state index in [1.807, 2.05) is 4.90 Å². The highest BCUT2D eigenvalue weighted by molar-refractivity contribution is 7.80. The van der Waals surface area contributed by atoms with Gasteiger partial charge in [0.2, 0.25) is 5.91 Å². The molecule has 2 saturated heterocycles. The zero-order valence-electron chi connectivity index (χ0n) is 22.7. The van der Waals surface area contributed by atoms with Gasteiger partial charge in [0.05, 0.1) is 22.9 Å². The first-order valence-corrected chi connectivity index (χ1v) is 13.6. The van der Waals surface area contributed by atoms with E-state index < -0.39 is 28.7 Å². The van der Waals surface area contributed by atoms with E-state index in [0.717, 1.165) is 81.9 Å². The molecule has 0 unspecified atom stereocenters. The second-order valence-electron chi connectivity index (χ2n) is 10.4. The quantitative estimate of drug-likeness (QED) is 0.295. The van der Waals surface area contributed by atoms with Crippen LogP contribution in [-0.2, 0) is 20.5 Å². The number of halogens is 3. The highest BCUT2D eigenvalue weighted by Crippen LogP contribution is 2.38. The maximum absolute atomic E-state index is 13.5. The first-order valence-electron chi connectivity index (χ1n) is 13.2. The summed E-state index contributed by atoms with van der Waals surface area (Å²) in [6, 6.07) is 4.78. The zero-order valence-corrected chi connectivity index (χ0v) is 23.5. The molecule has 1 aromatic rings. The summed E-state index contributed by atoms with van der Waals surface area (Å²) in [4.78, 5) is 32.2. The fourth-order valence-corrected chi connectivity index (χ4v) is 5.52. The lowest BCUT2D eigenvalue weighted by Gasteiger charge is -2.34. The number of rotatable bonds is 11. The van der Waals surface area contributed by atoms with Crippen LogP contribution in [0.2, 0.25) is 0 Å². The van der Waals surface area contributed by atoms with Gasteiger partial charge in [0.15, 0.2) is 5.11 Å². The predicted octanol–water partition coefficient (Wildman–Crippen LogP) is 4.03. The van der Waals surface area contributed by atoms with Crippen molar-refractivity contribution in [3.05, 3.63) is 29.3 Å². The third-order valence-corrected chi connectivity index (χ3v) is 7.76. The molecule has 0 aliphatic carbocycles. The standard InChI is InChI=1S/C27H36F3N5O3S/c1-26(2)24(37)35(21-10-9-20(18-31)22(17-21)27(28,29)30)25(39)34(26)12-8-6-4-5-7-11-32-13-15-33(16-14-32)23(36)19-38-3/h9-10,17H,4-8,11-16,19H2,1-3H3. The fraction of sp³-hybridized carbons (Fsp3) is 0.630. The van der Waals surface area contributed by atoms with Gasteiger partial charge < -0.3 is 14.5 Å². The summed E-state index contributed by atoms with van der Waals surface area (Å²) < 4.78 is 45.3. The lowest BCUT2D eigenvalue weighted by Crippen LogP contribution is -2.49. The van der Waals surface area contributed by atoms with E-state index in [9.17, 15) is 22.8 Å². The minimum absolute atomic E-state index is 0.01000. The number of benzene rings is 1. The maximum atomic E-state index is 13.5. The number of unbranched alkanes of at least 4 members (excludes halogenated alkanes) is 4. The van der Waals surface area contributed by atoms with E-state index in [2.05, 4.69) is 4.90 Å². The maximum Gasteiger partial charge on any atom is 0.417 e. The van der Waals surface area contributed by atoms with Crippen LogP contribution >= 0.6 is 12.2 Å². The van der Waals surface area contributed by atoms with Crippen molar-refractivity contribution in [2.45, 2.75) is 57.7 Å². The van der Waals surface area contributed by atoms with E-state index in [-0.39, 0.29) is 23.3 Å². The molecule has 2 heterocycles.